The van der Waals surface area contributed by atoms with Crippen molar-refractivity contribution in [3.63, 3.8) is 0 Å². The molecule has 1 atom stereocenters. The minimum absolute atomic E-state index is 0.00692. The maximum Gasteiger partial charge on any atom is 0.320 e. The molecule has 0 spiro atoms. The second kappa shape index (κ2) is 4.65. The first-order valence-electron chi connectivity index (χ1n) is 5.68. The number of carboxylic acids is 1. The van der Waals surface area contributed by atoms with Crippen LogP contribution in [0.25, 0.3) is 0 Å². The number of phenolic OH excluding ortho intramolecular Hbond substituents is 1. The van der Waals surface area contributed by atoms with Gasteiger partial charge in [-0.05, 0) is 24.1 Å². The number of hydrogen-bond donors (Lipinski definition) is 3. The molecule has 0 saturated heterocycles. The van der Waals surface area contributed by atoms with Gasteiger partial charge in [0.25, 0.3) is 0 Å². The van der Waals surface area contributed by atoms with Gasteiger partial charge in [-0.15, -0.1) is 0 Å². The Morgan fingerprint density at radius 3 is 3.07 bits per heavy atom. The summed E-state index contributed by atoms with van der Waals surface area (Å²) in [6.07, 6.45) is 0.00692. The van der Waals surface area contributed by atoms with Gasteiger partial charge in [-0.2, -0.15) is 0 Å². The van der Waals surface area contributed by atoms with Crippen LogP contribution in [-0.2, 0) is 11.2 Å². The van der Waals surface area contributed by atoms with E-state index in [-0.39, 0.29) is 17.9 Å². The van der Waals surface area contributed by atoms with Crippen LogP contribution in [0.3, 0.4) is 0 Å². The fraction of sp³-hybridized carbons (Fsp3) is 0.300. The van der Waals surface area contributed by atoms with Gasteiger partial charge in [-0.25, -0.2) is 0 Å². The number of ether oxygens (including phenoxy) is 1. The molecule has 82 valence electrons. The van der Waals surface area contributed by atoms with Crippen LogP contribution in [0.15, 0.2) is 18.2 Å². The molecule has 5 heteroatoms. The molecule has 1 rings (SSSR count). The fourth-order valence-corrected chi connectivity index (χ4v) is 1.11. The SMILES string of the molecule is [2H]C([2H])([2H])Oc1cc(CC(N)C(=O)O)ccc1O. The van der Waals surface area contributed by atoms with E-state index in [1.807, 2.05) is 0 Å². The lowest BCUT2D eigenvalue weighted by molar-refractivity contribution is -0.138. The number of methoxy groups -OCH3 is 1. The fourth-order valence-electron chi connectivity index (χ4n) is 1.11. The summed E-state index contributed by atoms with van der Waals surface area (Å²) in [5.74, 6) is -1.73. The Morgan fingerprint density at radius 2 is 2.47 bits per heavy atom. The molecule has 0 aliphatic carbocycles. The first-order chi connectivity index (χ1) is 8.19. The van der Waals surface area contributed by atoms with Crippen LogP contribution in [-0.4, -0.2) is 29.3 Å². The smallest absolute Gasteiger partial charge is 0.320 e. The van der Waals surface area contributed by atoms with Crippen LogP contribution in [0.2, 0.25) is 0 Å². The minimum Gasteiger partial charge on any atom is -0.504 e. The molecule has 15 heavy (non-hydrogen) atoms. The van der Waals surface area contributed by atoms with E-state index in [9.17, 15) is 9.90 Å². The monoisotopic (exact) mass is 214 g/mol. The van der Waals surface area contributed by atoms with Gasteiger partial charge in [0.15, 0.2) is 11.5 Å². The molecule has 4 N–H and O–H groups in total. The lowest BCUT2D eigenvalue weighted by atomic mass is 10.1. The van der Waals surface area contributed by atoms with Crippen molar-refractivity contribution in [3.05, 3.63) is 23.8 Å². The third kappa shape index (κ3) is 2.85. The van der Waals surface area contributed by atoms with Crippen LogP contribution in [0.4, 0.5) is 0 Å². The molecule has 0 heterocycles. The maximum atomic E-state index is 10.6. The van der Waals surface area contributed by atoms with Crippen molar-refractivity contribution in [1.29, 1.82) is 0 Å². The maximum absolute atomic E-state index is 10.6. The molecular weight excluding hydrogens is 198 g/mol. The predicted octanol–water partition coefficient (Wildman–Crippen LogP) is 0.355. The van der Waals surface area contributed by atoms with E-state index >= 15 is 0 Å². The van der Waals surface area contributed by atoms with Gasteiger partial charge in [-0.3, -0.25) is 4.79 Å². The molecular formula is C10H13NO4. The number of aliphatic carboxylic acids is 1. The van der Waals surface area contributed by atoms with Crippen molar-refractivity contribution in [2.24, 2.45) is 5.73 Å². The van der Waals surface area contributed by atoms with Gasteiger partial charge in [0, 0.05) is 0 Å². The molecule has 0 saturated carbocycles. The second-order valence-corrected chi connectivity index (χ2v) is 3.05. The molecule has 0 bridgehead atoms. The summed E-state index contributed by atoms with van der Waals surface area (Å²) in [5.41, 5.74) is 5.81. The Morgan fingerprint density at radius 1 is 1.73 bits per heavy atom. The van der Waals surface area contributed by atoms with Crippen LogP contribution < -0.4 is 10.5 Å². The number of carbonyl (C=O) groups is 1. The summed E-state index contributed by atoms with van der Waals surface area (Å²) < 4.78 is 25.4. The highest BCUT2D eigenvalue weighted by Crippen LogP contribution is 2.26. The second-order valence-electron chi connectivity index (χ2n) is 3.05. The van der Waals surface area contributed by atoms with Gasteiger partial charge in [0.2, 0.25) is 0 Å². The van der Waals surface area contributed by atoms with Gasteiger partial charge in [0.05, 0.1) is 11.2 Å². The zero-order valence-electron chi connectivity index (χ0n) is 10.8. The van der Waals surface area contributed by atoms with Gasteiger partial charge >= 0.3 is 5.97 Å². The van der Waals surface area contributed by atoms with Crippen molar-refractivity contribution in [1.82, 2.24) is 0 Å². The first-order valence-corrected chi connectivity index (χ1v) is 4.18. The Hall–Kier alpha value is -1.75. The average Bonchev–Trinajstić information content (AvgIpc) is 2.20. The third-order valence-corrected chi connectivity index (χ3v) is 1.91. The lowest BCUT2D eigenvalue weighted by Gasteiger charge is -2.08. The molecule has 1 aromatic carbocycles. The van der Waals surface area contributed by atoms with Crippen LogP contribution in [0.5, 0.6) is 11.5 Å². The molecule has 5 nitrogen and oxygen atoms in total. The molecule has 1 aromatic rings. The lowest BCUT2D eigenvalue weighted by Crippen LogP contribution is -2.32. The van der Waals surface area contributed by atoms with Crippen LogP contribution in [0, 0.1) is 0 Å². The van der Waals surface area contributed by atoms with E-state index in [4.69, 9.17) is 15.0 Å². The summed E-state index contributed by atoms with van der Waals surface area (Å²) in [4.78, 5) is 10.6. The van der Waals surface area contributed by atoms with Crippen LogP contribution >= 0.6 is 0 Å². The summed E-state index contributed by atoms with van der Waals surface area (Å²) in [5, 5.41) is 18.1. The number of nitrogens with two attached hydrogens (primary N) is 1. The quantitative estimate of drug-likeness (QED) is 0.672. The van der Waals surface area contributed by atoms with E-state index in [0.29, 0.717) is 5.56 Å². The van der Waals surface area contributed by atoms with Crippen molar-refractivity contribution in [2.75, 3.05) is 7.04 Å². The Labute approximate surface area is 91.3 Å². The summed E-state index contributed by atoms with van der Waals surface area (Å²) >= 11 is 0. The Balaban J connectivity index is 2.90. The average molecular weight is 214 g/mol. The molecule has 0 fully saturated rings. The van der Waals surface area contributed by atoms with Crippen LogP contribution in [0.1, 0.15) is 9.68 Å². The normalized spacial score (nSPS) is 15.9. The number of hydrogen-bond acceptors (Lipinski definition) is 4. The Bertz CT molecular complexity index is 447. The highest BCUT2D eigenvalue weighted by atomic mass is 16.5. The molecule has 0 aliphatic rings. The number of aromatic hydroxyl groups is 1. The molecule has 0 aromatic heterocycles. The zero-order valence-corrected chi connectivity index (χ0v) is 7.80. The number of benzene rings is 1. The first kappa shape index (κ1) is 7.53. The third-order valence-electron chi connectivity index (χ3n) is 1.91. The van der Waals surface area contributed by atoms with Gasteiger partial charge in [0.1, 0.15) is 6.04 Å². The summed E-state index contributed by atoms with van der Waals surface area (Å²) in [6.45, 7) is 0. The minimum atomic E-state index is -2.69. The number of carboxylic acid groups (broad SMARTS) is 1. The van der Waals surface area contributed by atoms with E-state index in [0.717, 1.165) is 0 Å². The summed E-state index contributed by atoms with van der Waals surface area (Å²) in [6, 6.07) is 2.83. The van der Waals surface area contributed by atoms with Gasteiger partial charge in [-0.1, -0.05) is 6.07 Å². The van der Waals surface area contributed by atoms with Crippen molar-refractivity contribution < 1.29 is 23.9 Å². The Kier molecular flexibility index (Phi) is 2.34. The van der Waals surface area contributed by atoms with Crippen molar-refractivity contribution >= 4 is 5.97 Å². The number of rotatable bonds is 4. The van der Waals surface area contributed by atoms with E-state index < -0.39 is 19.0 Å². The zero-order chi connectivity index (χ0) is 13.9. The van der Waals surface area contributed by atoms with Crippen molar-refractivity contribution in [3.8, 4) is 11.5 Å². The van der Waals surface area contributed by atoms with Crippen molar-refractivity contribution in [2.45, 2.75) is 12.5 Å². The molecule has 1 unspecified atom stereocenters. The standard InChI is InChI=1S/C10H13NO4/c1-15-9-5-6(2-3-8(9)12)4-7(11)10(13)14/h2-3,5,7,12H,4,11H2,1H3,(H,13,14)/i1D3. The topological polar surface area (TPSA) is 92.8 Å². The van der Waals surface area contributed by atoms with E-state index in [2.05, 4.69) is 4.74 Å². The molecule has 0 aliphatic heterocycles. The molecule has 0 amide bonds. The van der Waals surface area contributed by atoms with E-state index in [1.54, 1.807) is 0 Å². The summed E-state index contributed by atoms with van der Waals surface area (Å²) in [7, 11) is -2.69. The van der Waals surface area contributed by atoms with Gasteiger partial charge < -0.3 is 20.7 Å². The largest absolute Gasteiger partial charge is 0.504 e. The molecule has 0 radical (unpaired) electrons. The highest BCUT2D eigenvalue weighted by molar-refractivity contribution is 5.73. The highest BCUT2D eigenvalue weighted by Gasteiger charge is 2.13. The predicted molar refractivity (Wildman–Crippen MR) is 54.0 cm³/mol. The van der Waals surface area contributed by atoms with E-state index in [1.165, 1.54) is 18.2 Å². The number of phenols is 1.